The fraction of sp³-hybridized carbons (Fsp3) is 0.286. The number of ether oxygens (including phenoxy) is 1. The van der Waals surface area contributed by atoms with Crippen molar-refractivity contribution in [2.75, 3.05) is 0 Å². The van der Waals surface area contributed by atoms with Gasteiger partial charge in [-0.15, -0.1) is 13.2 Å². The van der Waals surface area contributed by atoms with Crippen LogP contribution in [-0.4, -0.2) is 11.3 Å². The van der Waals surface area contributed by atoms with Crippen molar-refractivity contribution in [3.63, 3.8) is 0 Å². The lowest BCUT2D eigenvalue weighted by Gasteiger charge is -2.07. The molecule has 78 valence electrons. The third-order valence-electron chi connectivity index (χ3n) is 1.31. The van der Waals surface area contributed by atoms with E-state index in [-0.39, 0.29) is 5.56 Å². The number of hydrogen-bond donors (Lipinski definition) is 1. The van der Waals surface area contributed by atoms with E-state index in [4.69, 9.17) is 0 Å². The molecule has 0 aliphatic heterocycles. The zero-order chi connectivity index (χ0) is 10.8. The number of rotatable bonds is 2. The summed E-state index contributed by atoms with van der Waals surface area (Å²) in [7, 11) is 0. The molecule has 1 rings (SSSR count). The van der Waals surface area contributed by atoms with Gasteiger partial charge in [-0.2, -0.15) is 0 Å². The molecule has 0 unspecified atom stereocenters. The maximum absolute atomic E-state index is 12.0. The van der Waals surface area contributed by atoms with Gasteiger partial charge in [0.05, 0.1) is 0 Å². The van der Waals surface area contributed by atoms with Crippen LogP contribution in [0.25, 0.3) is 0 Å². The average molecular weight is 211 g/mol. The van der Waals surface area contributed by atoms with Crippen LogP contribution in [0.4, 0.5) is 17.6 Å². The summed E-state index contributed by atoms with van der Waals surface area (Å²) in [5.41, 5.74) is -1.15. The first kappa shape index (κ1) is 10.6. The van der Waals surface area contributed by atoms with Gasteiger partial charge in [0.2, 0.25) is 0 Å². The molecule has 0 amide bonds. The van der Waals surface area contributed by atoms with E-state index in [2.05, 4.69) is 4.74 Å². The second kappa shape index (κ2) is 3.69. The van der Waals surface area contributed by atoms with Crippen LogP contribution in [0.2, 0.25) is 0 Å². The molecule has 0 atom stereocenters. The first-order valence-electron chi connectivity index (χ1n) is 3.45. The van der Waals surface area contributed by atoms with Gasteiger partial charge in [0, 0.05) is 11.8 Å². The lowest BCUT2D eigenvalue weighted by Crippen LogP contribution is -2.22. The minimum absolute atomic E-state index is 0.0937. The first-order valence-corrected chi connectivity index (χ1v) is 3.45. The van der Waals surface area contributed by atoms with Crippen LogP contribution in [0.1, 0.15) is 5.56 Å². The number of aromatic amines is 1. The molecular formula is C7H5F4NO2. The Balaban J connectivity index is 3.01. The number of hydrogen-bond acceptors (Lipinski definition) is 2. The smallest absolute Gasteiger partial charge is 0.400 e. The third kappa shape index (κ3) is 2.75. The number of halogens is 4. The van der Waals surface area contributed by atoms with Crippen LogP contribution in [0.15, 0.2) is 17.1 Å². The van der Waals surface area contributed by atoms with E-state index in [1.165, 1.54) is 0 Å². The van der Waals surface area contributed by atoms with Crippen LogP contribution in [0.3, 0.4) is 0 Å². The molecule has 7 heteroatoms. The molecule has 0 saturated carbocycles. The molecule has 0 spiro atoms. The predicted molar refractivity (Wildman–Crippen MR) is 38.6 cm³/mol. The highest BCUT2D eigenvalue weighted by Crippen LogP contribution is 2.19. The number of pyridine rings is 1. The third-order valence-corrected chi connectivity index (χ3v) is 1.31. The summed E-state index contributed by atoms with van der Waals surface area (Å²) in [6.45, 7) is -0.981. The summed E-state index contributed by atoms with van der Waals surface area (Å²) < 4.78 is 50.4. The Morgan fingerprint density at radius 2 is 2.07 bits per heavy atom. The van der Waals surface area contributed by atoms with Crippen LogP contribution >= 0.6 is 0 Å². The van der Waals surface area contributed by atoms with Crippen molar-refractivity contribution in [3.05, 3.63) is 28.2 Å². The average Bonchev–Trinajstić information content (AvgIpc) is 2.06. The van der Waals surface area contributed by atoms with Gasteiger partial charge in [-0.3, -0.25) is 4.79 Å². The number of H-pyrrole nitrogens is 1. The SMILES string of the molecule is O=c1[nH]cc(CF)cc1OC(F)(F)F. The molecule has 1 N–H and O–H groups in total. The van der Waals surface area contributed by atoms with Gasteiger partial charge in [0.25, 0.3) is 5.56 Å². The maximum Gasteiger partial charge on any atom is 0.573 e. The molecule has 14 heavy (non-hydrogen) atoms. The summed E-state index contributed by atoms with van der Waals surface area (Å²) in [5, 5.41) is 0. The summed E-state index contributed by atoms with van der Waals surface area (Å²) in [5.74, 6) is -0.965. The Labute approximate surface area is 75.3 Å². The Hall–Kier alpha value is -1.53. The molecule has 0 aromatic carbocycles. The molecule has 0 aliphatic carbocycles. The minimum Gasteiger partial charge on any atom is -0.400 e. The molecule has 1 aromatic rings. The van der Waals surface area contributed by atoms with Gasteiger partial charge in [-0.25, -0.2) is 4.39 Å². The van der Waals surface area contributed by atoms with E-state index in [1.54, 1.807) is 0 Å². The van der Waals surface area contributed by atoms with E-state index in [9.17, 15) is 22.4 Å². The van der Waals surface area contributed by atoms with Gasteiger partial charge < -0.3 is 9.72 Å². The van der Waals surface area contributed by atoms with Gasteiger partial charge in [0.1, 0.15) is 6.67 Å². The summed E-state index contributed by atoms with van der Waals surface area (Å²) in [6, 6.07) is 0.701. The summed E-state index contributed by atoms with van der Waals surface area (Å²) in [4.78, 5) is 12.7. The minimum atomic E-state index is -4.96. The number of nitrogens with one attached hydrogen (secondary N) is 1. The normalized spacial score (nSPS) is 11.4. The van der Waals surface area contributed by atoms with Gasteiger partial charge in [0.15, 0.2) is 5.75 Å². The second-order valence-corrected chi connectivity index (χ2v) is 2.38. The van der Waals surface area contributed by atoms with Gasteiger partial charge in [-0.1, -0.05) is 0 Å². The van der Waals surface area contributed by atoms with E-state index < -0.39 is 24.3 Å². The van der Waals surface area contributed by atoms with Crippen molar-refractivity contribution in [2.45, 2.75) is 13.0 Å². The largest absolute Gasteiger partial charge is 0.573 e. The van der Waals surface area contributed by atoms with Crippen LogP contribution in [-0.2, 0) is 6.67 Å². The first-order chi connectivity index (χ1) is 6.42. The Kier molecular flexibility index (Phi) is 2.78. The highest BCUT2D eigenvalue weighted by atomic mass is 19.4. The highest BCUT2D eigenvalue weighted by molar-refractivity contribution is 5.23. The van der Waals surface area contributed by atoms with Crippen molar-refractivity contribution in [2.24, 2.45) is 0 Å². The quantitative estimate of drug-likeness (QED) is 0.757. The molecular weight excluding hydrogens is 206 g/mol. The standard InChI is InChI=1S/C7H5F4NO2/c8-2-4-1-5(6(13)12-3-4)14-7(9,10)11/h1,3H,2H2,(H,12,13). The second-order valence-electron chi connectivity index (χ2n) is 2.38. The molecule has 3 nitrogen and oxygen atoms in total. The Bertz CT molecular complexity index is 371. The maximum atomic E-state index is 12.0. The van der Waals surface area contributed by atoms with Gasteiger partial charge >= 0.3 is 6.36 Å². The van der Waals surface area contributed by atoms with Crippen molar-refractivity contribution < 1.29 is 22.3 Å². The molecule has 1 heterocycles. The van der Waals surface area contributed by atoms with E-state index >= 15 is 0 Å². The molecule has 0 saturated heterocycles. The lowest BCUT2D eigenvalue weighted by atomic mass is 10.3. The summed E-state index contributed by atoms with van der Waals surface area (Å²) >= 11 is 0. The van der Waals surface area contributed by atoms with Crippen molar-refractivity contribution in [3.8, 4) is 5.75 Å². The van der Waals surface area contributed by atoms with Crippen LogP contribution in [0, 0.1) is 0 Å². The fourth-order valence-corrected chi connectivity index (χ4v) is 0.783. The van der Waals surface area contributed by atoms with Crippen molar-refractivity contribution in [1.29, 1.82) is 0 Å². The fourth-order valence-electron chi connectivity index (χ4n) is 0.783. The van der Waals surface area contributed by atoms with Crippen LogP contribution in [0.5, 0.6) is 5.75 Å². The molecule has 1 aromatic heterocycles. The molecule has 0 bridgehead atoms. The number of aromatic nitrogens is 1. The van der Waals surface area contributed by atoms with E-state index in [1.807, 2.05) is 4.98 Å². The topological polar surface area (TPSA) is 42.1 Å². The van der Waals surface area contributed by atoms with E-state index in [0.717, 1.165) is 6.20 Å². The van der Waals surface area contributed by atoms with Crippen molar-refractivity contribution >= 4 is 0 Å². The zero-order valence-electron chi connectivity index (χ0n) is 6.69. The lowest BCUT2D eigenvalue weighted by molar-refractivity contribution is -0.275. The zero-order valence-corrected chi connectivity index (χ0v) is 6.69. The number of alkyl halides is 4. The monoisotopic (exact) mass is 211 g/mol. The van der Waals surface area contributed by atoms with Gasteiger partial charge in [-0.05, 0) is 6.07 Å². The molecule has 0 radical (unpaired) electrons. The molecule has 0 aliphatic rings. The predicted octanol–water partition coefficient (Wildman–Crippen LogP) is 1.74. The van der Waals surface area contributed by atoms with Crippen LogP contribution < -0.4 is 10.3 Å². The Morgan fingerprint density at radius 3 is 2.57 bits per heavy atom. The van der Waals surface area contributed by atoms with E-state index in [0.29, 0.717) is 6.07 Å². The molecule has 0 fully saturated rings. The highest BCUT2D eigenvalue weighted by Gasteiger charge is 2.32. The Morgan fingerprint density at radius 1 is 1.43 bits per heavy atom. The van der Waals surface area contributed by atoms with Crippen molar-refractivity contribution in [1.82, 2.24) is 4.98 Å². The summed E-state index contributed by atoms with van der Waals surface area (Å²) in [6.07, 6.45) is -3.98.